The number of carbonyl (C=O) groups excluding carboxylic acids is 4. The van der Waals surface area contributed by atoms with Crippen LogP contribution in [0.4, 0.5) is 4.79 Å². The first kappa shape index (κ1) is 32.1. The SMILES string of the molecule is CCC(C)N(C(=O)C(CCSC)NC(=O)OC(C)(C)C)C(C(=O)NCC(=O)OC)c1cccc(C)c1O. The Morgan fingerprint density at radius 1 is 1.19 bits per heavy atom. The van der Waals surface area contributed by atoms with Crippen LogP contribution in [0.3, 0.4) is 0 Å². The number of nitrogens with zero attached hydrogens (tertiary/aromatic N) is 1. The number of aryl methyl sites for hydroxylation is 1. The fraction of sp³-hybridized carbons (Fsp3) is 0.615. The second kappa shape index (κ2) is 14.7. The lowest BCUT2D eigenvalue weighted by atomic mass is 9.97. The van der Waals surface area contributed by atoms with Gasteiger partial charge in [0.2, 0.25) is 11.8 Å². The van der Waals surface area contributed by atoms with Crippen molar-refractivity contribution in [3.05, 3.63) is 29.3 Å². The van der Waals surface area contributed by atoms with E-state index in [4.69, 9.17) is 4.74 Å². The van der Waals surface area contributed by atoms with E-state index in [1.165, 1.54) is 23.8 Å². The minimum absolute atomic E-state index is 0.136. The number of rotatable bonds is 12. The van der Waals surface area contributed by atoms with Crippen LogP contribution in [0.2, 0.25) is 0 Å². The first-order chi connectivity index (χ1) is 17.3. The Hall–Kier alpha value is -2.95. The number of methoxy groups -OCH3 is 1. The van der Waals surface area contributed by atoms with Crippen LogP contribution in [0.15, 0.2) is 18.2 Å². The average molecular weight is 540 g/mol. The predicted molar refractivity (Wildman–Crippen MR) is 143 cm³/mol. The molecular formula is C26H41N3O7S. The number of thioether (sulfide) groups is 1. The second-order valence-electron chi connectivity index (χ2n) is 9.69. The summed E-state index contributed by atoms with van der Waals surface area (Å²) in [4.78, 5) is 53.2. The molecule has 37 heavy (non-hydrogen) atoms. The maximum Gasteiger partial charge on any atom is 0.408 e. The molecule has 0 aromatic heterocycles. The summed E-state index contributed by atoms with van der Waals surface area (Å²) < 4.78 is 10.00. The van der Waals surface area contributed by atoms with E-state index in [0.717, 1.165) is 0 Å². The van der Waals surface area contributed by atoms with Gasteiger partial charge in [-0.1, -0.05) is 25.1 Å². The highest BCUT2D eigenvalue weighted by atomic mass is 32.2. The Kier molecular flexibility index (Phi) is 12.7. The summed E-state index contributed by atoms with van der Waals surface area (Å²) in [6, 6.07) is 2.20. The predicted octanol–water partition coefficient (Wildman–Crippen LogP) is 3.30. The molecule has 11 heteroatoms. The Morgan fingerprint density at radius 3 is 2.38 bits per heavy atom. The number of carbonyl (C=O) groups is 4. The highest BCUT2D eigenvalue weighted by Gasteiger charge is 2.39. The van der Waals surface area contributed by atoms with E-state index >= 15 is 0 Å². The zero-order chi connectivity index (χ0) is 28.3. The molecule has 3 atom stereocenters. The molecule has 0 aliphatic heterocycles. The molecule has 0 fully saturated rings. The number of hydrogen-bond donors (Lipinski definition) is 3. The van der Waals surface area contributed by atoms with Gasteiger partial charge in [-0.3, -0.25) is 14.4 Å². The van der Waals surface area contributed by atoms with Crippen molar-refractivity contribution in [2.45, 2.75) is 78.1 Å². The van der Waals surface area contributed by atoms with E-state index in [1.807, 2.05) is 13.2 Å². The fourth-order valence-electron chi connectivity index (χ4n) is 3.57. The Bertz CT molecular complexity index is 949. The molecule has 0 aliphatic rings. The molecule has 0 spiro atoms. The van der Waals surface area contributed by atoms with E-state index in [0.29, 0.717) is 24.2 Å². The molecule has 0 saturated carbocycles. The van der Waals surface area contributed by atoms with Gasteiger partial charge in [0.25, 0.3) is 0 Å². The third-order valence-corrected chi connectivity index (χ3v) is 6.29. The van der Waals surface area contributed by atoms with Gasteiger partial charge in [0.15, 0.2) is 0 Å². The van der Waals surface area contributed by atoms with Crippen LogP contribution in [0, 0.1) is 6.92 Å². The van der Waals surface area contributed by atoms with Crippen molar-refractivity contribution >= 4 is 35.6 Å². The van der Waals surface area contributed by atoms with Crippen molar-refractivity contribution in [1.29, 1.82) is 0 Å². The highest BCUT2D eigenvalue weighted by molar-refractivity contribution is 7.98. The number of benzene rings is 1. The summed E-state index contributed by atoms with van der Waals surface area (Å²) in [6.07, 6.45) is 1.92. The molecule has 1 aromatic carbocycles. The van der Waals surface area contributed by atoms with Crippen molar-refractivity contribution in [3.63, 3.8) is 0 Å². The first-order valence-corrected chi connectivity index (χ1v) is 13.6. The lowest BCUT2D eigenvalue weighted by Gasteiger charge is -2.38. The molecule has 1 aromatic rings. The zero-order valence-electron chi connectivity index (χ0n) is 23.0. The number of phenols is 1. The van der Waals surface area contributed by atoms with Gasteiger partial charge in [0.1, 0.15) is 30.0 Å². The van der Waals surface area contributed by atoms with E-state index in [1.54, 1.807) is 52.8 Å². The van der Waals surface area contributed by atoms with E-state index in [-0.39, 0.29) is 11.3 Å². The van der Waals surface area contributed by atoms with Gasteiger partial charge in [-0.15, -0.1) is 0 Å². The molecule has 0 radical (unpaired) electrons. The number of esters is 1. The van der Waals surface area contributed by atoms with Crippen LogP contribution in [0.5, 0.6) is 5.75 Å². The van der Waals surface area contributed by atoms with Crippen molar-refractivity contribution in [3.8, 4) is 5.75 Å². The fourth-order valence-corrected chi connectivity index (χ4v) is 4.04. The van der Waals surface area contributed by atoms with Crippen LogP contribution in [-0.4, -0.2) is 77.2 Å². The maximum atomic E-state index is 14.1. The highest BCUT2D eigenvalue weighted by Crippen LogP contribution is 2.34. The van der Waals surface area contributed by atoms with E-state index in [2.05, 4.69) is 15.4 Å². The maximum absolute atomic E-state index is 14.1. The topological polar surface area (TPSA) is 134 Å². The Morgan fingerprint density at radius 2 is 1.84 bits per heavy atom. The number of alkyl carbamates (subject to hydrolysis) is 1. The standard InChI is InChI=1S/C26H41N3O7S/c1-9-17(3)29(24(33)19(13-14-37-8)28-25(34)36-26(4,5)6)21(23(32)27-15-20(30)35-7)18-12-10-11-16(2)22(18)31/h10-12,17,19,21,31H,9,13-15H2,1-8H3,(H,27,32)(H,28,34). The lowest BCUT2D eigenvalue weighted by molar-refractivity contribution is -0.146. The normalized spacial score (nSPS) is 13.6. The smallest absolute Gasteiger partial charge is 0.408 e. The summed E-state index contributed by atoms with van der Waals surface area (Å²) in [6.45, 7) is 10.1. The molecule has 0 saturated heterocycles. The second-order valence-corrected chi connectivity index (χ2v) is 10.7. The molecule has 0 aliphatic carbocycles. The average Bonchev–Trinajstić information content (AvgIpc) is 2.83. The Labute approximate surface area is 223 Å². The molecule has 3 unspecified atom stereocenters. The van der Waals surface area contributed by atoms with Crippen LogP contribution in [0.1, 0.15) is 64.6 Å². The van der Waals surface area contributed by atoms with Crippen LogP contribution >= 0.6 is 11.8 Å². The molecule has 1 rings (SSSR count). The summed E-state index contributed by atoms with van der Waals surface area (Å²) in [5.41, 5.74) is -0.0421. The van der Waals surface area contributed by atoms with Gasteiger partial charge in [-0.2, -0.15) is 11.8 Å². The molecule has 208 valence electrons. The molecule has 0 bridgehead atoms. The number of phenolic OH excluding ortho intramolecular Hbond substituents is 1. The minimum Gasteiger partial charge on any atom is -0.507 e. The molecular weight excluding hydrogens is 498 g/mol. The van der Waals surface area contributed by atoms with Gasteiger partial charge in [-0.05, 0) is 65.0 Å². The van der Waals surface area contributed by atoms with Gasteiger partial charge in [-0.25, -0.2) is 4.79 Å². The number of nitrogens with one attached hydrogen (secondary N) is 2. The lowest BCUT2D eigenvalue weighted by Crippen LogP contribution is -2.56. The number of para-hydroxylation sites is 1. The first-order valence-electron chi connectivity index (χ1n) is 12.2. The molecule has 10 nitrogen and oxygen atoms in total. The number of ether oxygens (including phenoxy) is 2. The van der Waals surface area contributed by atoms with Gasteiger partial charge in [0, 0.05) is 11.6 Å². The van der Waals surface area contributed by atoms with Crippen LogP contribution in [-0.2, 0) is 23.9 Å². The number of hydrogen-bond acceptors (Lipinski definition) is 8. The van der Waals surface area contributed by atoms with Gasteiger partial charge in [0.05, 0.1) is 7.11 Å². The van der Waals surface area contributed by atoms with E-state index < -0.39 is 54.1 Å². The van der Waals surface area contributed by atoms with Crippen LogP contribution in [0.25, 0.3) is 0 Å². The van der Waals surface area contributed by atoms with Crippen molar-refractivity contribution in [1.82, 2.24) is 15.5 Å². The minimum atomic E-state index is -1.27. The van der Waals surface area contributed by atoms with Crippen molar-refractivity contribution in [2.75, 3.05) is 25.7 Å². The Balaban J connectivity index is 3.58. The molecule has 3 N–H and O–H groups in total. The monoisotopic (exact) mass is 539 g/mol. The van der Waals surface area contributed by atoms with Gasteiger partial charge < -0.3 is 30.1 Å². The largest absolute Gasteiger partial charge is 0.507 e. The summed E-state index contributed by atoms with van der Waals surface area (Å²) in [5, 5.41) is 16.1. The third-order valence-electron chi connectivity index (χ3n) is 5.64. The number of amides is 3. The van der Waals surface area contributed by atoms with Gasteiger partial charge >= 0.3 is 12.1 Å². The van der Waals surface area contributed by atoms with E-state index in [9.17, 15) is 24.3 Å². The van der Waals surface area contributed by atoms with Crippen LogP contribution < -0.4 is 10.6 Å². The molecule has 0 heterocycles. The quantitative estimate of drug-likeness (QED) is 0.345. The van der Waals surface area contributed by atoms with Crippen molar-refractivity contribution in [2.24, 2.45) is 0 Å². The molecule has 3 amide bonds. The summed E-state index contributed by atoms with van der Waals surface area (Å²) >= 11 is 1.51. The zero-order valence-corrected chi connectivity index (χ0v) is 23.9. The summed E-state index contributed by atoms with van der Waals surface area (Å²) in [7, 11) is 1.20. The van der Waals surface area contributed by atoms with Crippen molar-refractivity contribution < 1.29 is 33.8 Å². The number of aromatic hydroxyl groups is 1. The summed E-state index contributed by atoms with van der Waals surface area (Å²) in [5.74, 6) is -1.40. The third kappa shape index (κ3) is 9.79.